The van der Waals surface area contributed by atoms with E-state index in [1.807, 2.05) is 0 Å². The minimum absolute atomic E-state index is 0.143. The summed E-state index contributed by atoms with van der Waals surface area (Å²) in [4.78, 5) is 19.0. The monoisotopic (exact) mass is 198 g/mol. The summed E-state index contributed by atoms with van der Waals surface area (Å²) < 4.78 is 14.5. The molecule has 0 radical (unpaired) electrons. The van der Waals surface area contributed by atoms with E-state index in [0.29, 0.717) is 0 Å². The van der Waals surface area contributed by atoms with Gasteiger partial charge in [-0.05, 0) is 0 Å². The van der Waals surface area contributed by atoms with Crippen molar-refractivity contribution in [1.82, 2.24) is 0 Å². The molecule has 12 heavy (non-hydrogen) atoms. The summed E-state index contributed by atoms with van der Waals surface area (Å²) in [5.74, 6) is 0. The zero-order valence-corrected chi connectivity index (χ0v) is 8.32. The maximum absolute atomic E-state index is 9.52. The second-order valence-corrected chi connectivity index (χ2v) is 5.13. The Morgan fingerprint density at radius 3 is 2.00 bits per heavy atom. The van der Waals surface area contributed by atoms with E-state index in [-0.39, 0.29) is 18.8 Å². The van der Waals surface area contributed by atoms with Crippen LogP contribution >= 0.6 is 7.74 Å². The van der Waals surface area contributed by atoms with E-state index in [0.717, 1.165) is 0 Å². The molecule has 0 bridgehead atoms. The third-order valence-electron chi connectivity index (χ3n) is 1.70. The van der Waals surface area contributed by atoms with E-state index in [9.17, 15) is 9.79 Å². The third kappa shape index (κ3) is 1.93. The SMILES string of the molecule is CCOP1(O)(O)O[C@@H](C)[C@@H](C)O1. The van der Waals surface area contributed by atoms with Crippen molar-refractivity contribution in [3.05, 3.63) is 0 Å². The molecule has 0 amide bonds. The zero-order valence-electron chi connectivity index (χ0n) is 7.43. The summed E-state index contributed by atoms with van der Waals surface area (Å²) in [7, 11) is -4.68. The maximum atomic E-state index is 9.52. The average molecular weight is 198 g/mol. The first-order chi connectivity index (χ1) is 5.35. The van der Waals surface area contributed by atoms with Gasteiger partial charge in [-0.2, -0.15) is 0 Å². The van der Waals surface area contributed by atoms with Crippen LogP contribution < -0.4 is 0 Å². The van der Waals surface area contributed by atoms with Gasteiger partial charge in [0.05, 0.1) is 0 Å². The van der Waals surface area contributed by atoms with Gasteiger partial charge >= 0.3 is 70.7 Å². The Labute approximate surface area is 71.6 Å². The number of rotatable bonds is 2. The molecule has 0 saturated carbocycles. The van der Waals surface area contributed by atoms with Crippen LogP contribution in [0, 0.1) is 0 Å². The van der Waals surface area contributed by atoms with Crippen molar-refractivity contribution in [1.29, 1.82) is 0 Å². The van der Waals surface area contributed by atoms with Gasteiger partial charge in [0.1, 0.15) is 0 Å². The van der Waals surface area contributed by atoms with Crippen molar-refractivity contribution in [3.8, 4) is 0 Å². The Hall–Kier alpha value is 0.230. The first kappa shape index (κ1) is 10.3. The van der Waals surface area contributed by atoms with Crippen LogP contribution in [0.1, 0.15) is 20.8 Å². The van der Waals surface area contributed by atoms with Crippen LogP contribution in [0.3, 0.4) is 0 Å². The quantitative estimate of drug-likeness (QED) is 0.647. The predicted molar refractivity (Wildman–Crippen MR) is 44.1 cm³/mol. The van der Waals surface area contributed by atoms with Gasteiger partial charge in [0.15, 0.2) is 0 Å². The van der Waals surface area contributed by atoms with Crippen molar-refractivity contribution >= 4 is 7.74 Å². The predicted octanol–water partition coefficient (Wildman–Crippen LogP) is 0.960. The molecule has 1 heterocycles. The molecule has 6 heteroatoms. The van der Waals surface area contributed by atoms with Crippen molar-refractivity contribution < 1.29 is 23.4 Å². The normalized spacial score (nSPS) is 41.9. The summed E-state index contributed by atoms with van der Waals surface area (Å²) in [6, 6.07) is 0. The van der Waals surface area contributed by atoms with Crippen LogP contribution in [0.15, 0.2) is 0 Å². The van der Waals surface area contributed by atoms with Crippen LogP contribution in [0.25, 0.3) is 0 Å². The third-order valence-corrected chi connectivity index (χ3v) is 3.79. The Balaban J connectivity index is 2.73. The molecule has 1 rings (SSSR count). The summed E-state index contributed by atoms with van der Waals surface area (Å²) in [6.07, 6.45) is -0.714. The molecule has 1 fully saturated rings. The van der Waals surface area contributed by atoms with Gasteiger partial charge in [0.2, 0.25) is 0 Å². The Morgan fingerprint density at radius 1 is 1.25 bits per heavy atom. The minimum atomic E-state index is -4.68. The van der Waals surface area contributed by atoms with Crippen LogP contribution in [-0.2, 0) is 13.6 Å². The molecule has 0 aromatic heterocycles. The van der Waals surface area contributed by atoms with Crippen LogP contribution in [-0.4, -0.2) is 28.6 Å². The fourth-order valence-electron chi connectivity index (χ4n) is 1.05. The van der Waals surface area contributed by atoms with Crippen molar-refractivity contribution in [2.75, 3.05) is 6.61 Å². The Morgan fingerprint density at radius 2 is 1.67 bits per heavy atom. The van der Waals surface area contributed by atoms with Gasteiger partial charge in [-0.15, -0.1) is 0 Å². The average Bonchev–Trinajstić information content (AvgIpc) is 2.03. The van der Waals surface area contributed by atoms with Gasteiger partial charge in [-0.25, -0.2) is 0 Å². The first-order valence-electron chi connectivity index (χ1n) is 3.90. The molecular formula is C6H15O5P. The molecule has 0 aliphatic carbocycles. The van der Waals surface area contributed by atoms with Gasteiger partial charge in [-0.1, -0.05) is 0 Å². The fraction of sp³-hybridized carbons (Fsp3) is 1.00. The number of hydrogen-bond acceptors (Lipinski definition) is 5. The second-order valence-electron chi connectivity index (χ2n) is 2.84. The van der Waals surface area contributed by atoms with Crippen molar-refractivity contribution in [3.63, 3.8) is 0 Å². The Bertz CT molecular complexity index is 169. The molecular weight excluding hydrogens is 183 g/mol. The summed E-state index contributed by atoms with van der Waals surface area (Å²) in [5, 5.41) is 0. The summed E-state index contributed by atoms with van der Waals surface area (Å²) >= 11 is 0. The molecule has 0 aromatic carbocycles. The van der Waals surface area contributed by atoms with Gasteiger partial charge in [0, 0.05) is 0 Å². The molecule has 0 aromatic rings. The summed E-state index contributed by atoms with van der Waals surface area (Å²) in [5.41, 5.74) is 0. The van der Waals surface area contributed by atoms with Gasteiger partial charge in [-0.3, -0.25) is 0 Å². The molecule has 5 nitrogen and oxygen atoms in total. The van der Waals surface area contributed by atoms with Crippen molar-refractivity contribution in [2.24, 2.45) is 0 Å². The van der Waals surface area contributed by atoms with E-state index in [4.69, 9.17) is 13.6 Å². The Kier molecular flexibility index (Phi) is 2.47. The van der Waals surface area contributed by atoms with Crippen molar-refractivity contribution in [2.45, 2.75) is 33.0 Å². The molecule has 0 spiro atoms. The molecule has 74 valence electrons. The van der Waals surface area contributed by atoms with Gasteiger partial charge < -0.3 is 0 Å². The topological polar surface area (TPSA) is 68.2 Å². The standard InChI is InChI=1S/C6H15O5P/c1-4-9-12(7,8)10-5(2)6(3)11-12/h5-8H,4H2,1-3H3/t5-,6+. The number of hydrogen-bond donors (Lipinski definition) is 2. The molecule has 2 atom stereocenters. The van der Waals surface area contributed by atoms with Gasteiger partial charge in [0.25, 0.3) is 0 Å². The van der Waals surface area contributed by atoms with E-state index >= 15 is 0 Å². The van der Waals surface area contributed by atoms with Crippen LogP contribution in [0.2, 0.25) is 0 Å². The second kappa shape index (κ2) is 2.87. The van der Waals surface area contributed by atoms with E-state index in [2.05, 4.69) is 0 Å². The van der Waals surface area contributed by atoms with Crippen LogP contribution in [0.4, 0.5) is 0 Å². The molecule has 1 aliphatic heterocycles. The first-order valence-corrected chi connectivity index (χ1v) is 5.80. The molecule has 1 aliphatic rings. The fourth-order valence-corrected chi connectivity index (χ4v) is 3.14. The van der Waals surface area contributed by atoms with Crippen LogP contribution in [0.5, 0.6) is 0 Å². The van der Waals surface area contributed by atoms with E-state index < -0.39 is 7.74 Å². The molecule has 0 unspecified atom stereocenters. The zero-order chi connectivity index (χ0) is 9.43. The summed E-state index contributed by atoms with van der Waals surface area (Å²) in [6.45, 7) is 5.18. The molecule has 1 saturated heterocycles. The molecule has 2 N–H and O–H groups in total. The van der Waals surface area contributed by atoms with E-state index in [1.54, 1.807) is 20.8 Å². The van der Waals surface area contributed by atoms with E-state index in [1.165, 1.54) is 0 Å².